The summed E-state index contributed by atoms with van der Waals surface area (Å²) >= 11 is 5.39. The molecule has 0 aromatic rings. The maximum atomic E-state index is 11.0. The number of alkyl halides is 1. The van der Waals surface area contributed by atoms with E-state index in [1.807, 2.05) is 0 Å². The number of halogens is 1. The molecule has 13 heavy (non-hydrogen) atoms. The third kappa shape index (κ3) is 3.16. The molecule has 0 saturated heterocycles. The van der Waals surface area contributed by atoms with Crippen molar-refractivity contribution in [1.82, 2.24) is 5.32 Å². The zero-order valence-corrected chi connectivity index (χ0v) is 8.39. The van der Waals surface area contributed by atoms with Gasteiger partial charge in [-0.25, -0.2) is 0 Å². The molecule has 1 aliphatic carbocycles. The van der Waals surface area contributed by atoms with E-state index < -0.39 is 0 Å². The highest BCUT2D eigenvalue weighted by Crippen LogP contribution is 2.23. The second-order valence-electron chi connectivity index (χ2n) is 3.53. The number of carbonyl (C=O) groups excluding carboxylic acids is 1. The lowest BCUT2D eigenvalue weighted by Crippen LogP contribution is -2.43. The number of aliphatic hydroxyl groups is 1. The first-order valence-electron chi connectivity index (χ1n) is 4.74. The molecular weight excluding hydrogens is 190 g/mol. The van der Waals surface area contributed by atoms with E-state index in [-0.39, 0.29) is 30.4 Å². The molecule has 0 bridgehead atoms. The topological polar surface area (TPSA) is 49.3 Å². The molecule has 4 heteroatoms. The molecule has 3 nitrogen and oxygen atoms in total. The van der Waals surface area contributed by atoms with Crippen molar-refractivity contribution in [3.8, 4) is 0 Å². The van der Waals surface area contributed by atoms with Crippen LogP contribution in [0.2, 0.25) is 0 Å². The minimum Gasteiger partial charge on any atom is -0.396 e. The molecular formula is C9H16ClNO2. The second kappa shape index (κ2) is 5.45. The van der Waals surface area contributed by atoms with Crippen LogP contribution < -0.4 is 5.32 Å². The Morgan fingerprint density at radius 2 is 2.15 bits per heavy atom. The first-order chi connectivity index (χ1) is 6.27. The fraction of sp³-hybridized carbons (Fsp3) is 0.889. The van der Waals surface area contributed by atoms with Crippen LogP contribution in [0, 0.1) is 5.92 Å². The second-order valence-corrected chi connectivity index (χ2v) is 3.80. The van der Waals surface area contributed by atoms with Crippen molar-refractivity contribution in [2.24, 2.45) is 5.92 Å². The Labute approximate surface area is 83.5 Å². The molecule has 1 fully saturated rings. The number of hydrogen-bond donors (Lipinski definition) is 2. The predicted octanol–water partition coefficient (Wildman–Crippen LogP) is 0.893. The van der Waals surface area contributed by atoms with Gasteiger partial charge in [0, 0.05) is 18.6 Å². The molecule has 1 saturated carbocycles. The summed E-state index contributed by atoms with van der Waals surface area (Å²) in [4.78, 5) is 11.0. The van der Waals surface area contributed by atoms with E-state index in [9.17, 15) is 4.79 Å². The fourth-order valence-electron chi connectivity index (χ4n) is 1.86. The number of rotatable bonds is 3. The Morgan fingerprint density at radius 3 is 2.77 bits per heavy atom. The van der Waals surface area contributed by atoms with E-state index in [0.717, 1.165) is 25.7 Å². The molecule has 1 aliphatic rings. The Bertz CT molecular complexity index is 175. The van der Waals surface area contributed by atoms with Crippen LogP contribution in [0.1, 0.15) is 25.7 Å². The number of hydrogen-bond acceptors (Lipinski definition) is 2. The largest absolute Gasteiger partial charge is 0.396 e. The van der Waals surface area contributed by atoms with Gasteiger partial charge in [-0.05, 0) is 12.8 Å². The SMILES string of the molecule is O=C(CCl)NC1CCCCC1CO. The van der Waals surface area contributed by atoms with Crippen molar-refractivity contribution < 1.29 is 9.90 Å². The molecule has 0 spiro atoms. The summed E-state index contributed by atoms with van der Waals surface area (Å²) < 4.78 is 0. The number of amides is 1. The Hall–Kier alpha value is -0.280. The van der Waals surface area contributed by atoms with E-state index in [1.165, 1.54) is 0 Å². The summed E-state index contributed by atoms with van der Waals surface area (Å²) in [7, 11) is 0. The predicted molar refractivity (Wildman–Crippen MR) is 51.7 cm³/mol. The maximum Gasteiger partial charge on any atom is 0.235 e. The van der Waals surface area contributed by atoms with Crippen molar-refractivity contribution in [2.45, 2.75) is 31.7 Å². The lowest BCUT2D eigenvalue weighted by atomic mass is 9.85. The number of aliphatic hydroxyl groups excluding tert-OH is 1. The van der Waals surface area contributed by atoms with Gasteiger partial charge >= 0.3 is 0 Å². The molecule has 0 aliphatic heterocycles. The highest BCUT2D eigenvalue weighted by Gasteiger charge is 2.25. The van der Waals surface area contributed by atoms with Crippen molar-refractivity contribution in [3.05, 3.63) is 0 Å². The van der Waals surface area contributed by atoms with Gasteiger partial charge < -0.3 is 10.4 Å². The van der Waals surface area contributed by atoms with Crippen LogP contribution >= 0.6 is 11.6 Å². The average molecular weight is 206 g/mol. The summed E-state index contributed by atoms with van der Waals surface area (Å²) in [5, 5.41) is 11.9. The average Bonchev–Trinajstić information content (AvgIpc) is 2.18. The molecule has 0 heterocycles. The minimum absolute atomic E-state index is 0.00858. The molecule has 76 valence electrons. The number of nitrogens with one attached hydrogen (secondary N) is 1. The monoisotopic (exact) mass is 205 g/mol. The van der Waals surface area contributed by atoms with Crippen LogP contribution in [0.25, 0.3) is 0 Å². The summed E-state index contributed by atoms with van der Waals surface area (Å²) in [6, 6.07) is 0.130. The highest BCUT2D eigenvalue weighted by atomic mass is 35.5. The summed E-state index contributed by atoms with van der Waals surface area (Å²) in [5.41, 5.74) is 0. The van der Waals surface area contributed by atoms with Gasteiger partial charge in [0.15, 0.2) is 0 Å². The zero-order valence-electron chi connectivity index (χ0n) is 7.63. The summed E-state index contributed by atoms with van der Waals surface area (Å²) in [6.07, 6.45) is 4.25. The van der Waals surface area contributed by atoms with Gasteiger partial charge in [0.1, 0.15) is 5.88 Å². The van der Waals surface area contributed by atoms with Gasteiger partial charge in [-0.2, -0.15) is 0 Å². The lowest BCUT2D eigenvalue weighted by molar-refractivity contribution is -0.120. The smallest absolute Gasteiger partial charge is 0.235 e. The van der Waals surface area contributed by atoms with Gasteiger partial charge in [-0.15, -0.1) is 11.6 Å². The van der Waals surface area contributed by atoms with Crippen LogP contribution in [0.5, 0.6) is 0 Å². The fourth-order valence-corrected chi connectivity index (χ4v) is 1.94. The van der Waals surface area contributed by atoms with Gasteiger partial charge in [0.05, 0.1) is 0 Å². The third-order valence-electron chi connectivity index (χ3n) is 2.61. The standard InChI is InChI=1S/C9H16ClNO2/c10-5-9(13)11-8-4-2-1-3-7(8)6-12/h7-8,12H,1-6H2,(H,11,13). The first kappa shape index (κ1) is 10.8. The zero-order chi connectivity index (χ0) is 9.68. The molecule has 0 aromatic carbocycles. The normalized spacial score (nSPS) is 28.5. The molecule has 1 amide bonds. The molecule has 2 unspecified atom stereocenters. The van der Waals surface area contributed by atoms with E-state index in [2.05, 4.69) is 5.32 Å². The van der Waals surface area contributed by atoms with Crippen molar-refractivity contribution in [1.29, 1.82) is 0 Å². The summed E-state index contributed by atoms with van der Waals surface area (Å²) in [6.45, 7) is 0.160. The summed E-state index contributed by atoms with van der Waals surface area (Å²) in [5.74, 6) is 0.0993. The molecule has 0 radical (unpaired) electrons. The van der Waals surface area contributed by atoms with Crippen LogP contribution in [-0.2, 0) is 4.79 Å². The molecule has 2 N–H and O–H groups in total. The van der Waals surface area contributed by atoms with E-state index in [0.29, 0.717) is 0 Å². The quantitative estimate of drug-likeness (QED) is 0.673. The number of carbonyl (C=O) groups is 1. The van der Waals surface area contributed by atoms with E-state index >= 15 is 0 Å². The van der Waals surface area contributed by atoms with E-state index in [1.54, 1.807) is 0 Å². The molecule has 1 rings (SSSR count). The highest BCUT2D eigenvalue weighted by molar-refractivity contribution is 6.27. The van der Waals surface area contributed by atoms with Crippen LogP contribution in [0.15, 0.2) is 0 Å². The van der Waals surface area contributed by atoms with Crippen LogP contribution in [-0.4, -0.2) is 29.5 Å². The lowest BCUT2D eigenvalue weighted by Gasteiger charge is -2.30. The van der Waals surface area contributed by atoms with Crippen molar-refractivity contribution >= 4 is 17.5 Å². The van der Waals surface area contributed by atoms with Crippen molar-refractivity contribution in [2.75, 3.05) is 12.5 Å². The Kier molecular flexibility index (Phi) is 4.53. The van der Waals surface area contributed by atoms with Gasteiger partial charge in [-0.3, -0.25) is 4.79 Å². The van der Waals surface area contributed by atoms with Crippen LogP contribution in [0.3, 0.4) is 0 Å². The van der Waals surface area contributed by atoms with E-state index in [4.69, 9.17) is 16.7 Å². The van der Waals surface area contributed by atoms with Crippen molar-refractivity contribution in [3.63, 3.8) is 0 Å². The van der Waals surface area contributed by atoms with Crippen LogP contribution in [0.4, 0.5) is 0 Å². The van der Waals surface area contributed by atoms with Gasteiger partial charge in [-0.1, -0.05) is 12.8 Å². The first-order valence-corrected chi connectivity index (χ1v) is 5.27. The minimum atomic E-state index is -0.132. The third-order valence-corrected chi connectivity index (χ3v) is 2.85. The Morgan fingerprint density at radius 1 is 1.46 bits per heavy atom. The maximum absolute atomic E-state index is 11.0. The van der Waals surface area contributed by atoms with Gasteiger partial charge in [0.25, 0.3) is 0 Å². The van der Waals surface area contributed by atoms with Gasteiger partial charge in [0.2, 0.25) is 5.91 Å². The molecule has 2 atom stereocenters. The Balaban J connectivity index is 2.40. The molecule has 0 aromatic heterocycles.